The molecule has 32 heavy (non-hydrogen) atoms. The van der Waals surface area contributed by atoms with Gasteiger partial charge >= 0.3 is 6.18 Å². The van der Waals surface area contributed by atoms with E-state index in [-0.39, 0.29) is 24.4 Å². The third-order valence-electron chi connectivity index (χ3n) is 5.49. The highest BCUT2D eigenvalue weighted by Crippen LogP contribution is 2.34. The van der Waals surface area contributed by atoms with E-state index in [2.05, 4.69) is 15.4 Å². The molecule has 8 heteroatoms. The second-order valence-corrected chi connectivity index (χ2v) is 7.91. The molecule has 2 aromatic heterocycles. The Labute approximate surface area is 183 Å². The van der Waals surface area contributed by atoms with Crippen LogP contribution in [0.3, 0.4) is 0 Å². The zero-order valence-electron chi connectivity index (χ0n) is 18.0. The van der Waals surface area contributed by atoms with Crippen molar-refractivity contribution in [2.45, 2.75) is 39.9 Å². The van der Waals surface area contributed by atoms with Gasteiger partial charge in [0.05, 0.1) is 23.4 Å². The van der Waals surface area contributed by atoms with E-state index in [1.807, 2.05) is 31.2 Å². The fraction of sp³-hybridized carbons (Fsp3) is 0.250. The number of aryl methyl sites for hydroxylation is 3. The SMILES string of the molecule is Cc1cc(C)n(-c2ccc(CNC(=O)Cc3c(C)[nH]c4ccccc34)c(C(F)(F)F)c2)n1. The van der Waals surface area contributed by atoms with Gasteiger partial charge in [0.15, 0.2) is 0 Å². The van der Waals surface area contributed by atoms with Gasteiger partial charge in [0.1, 0.15) is 0 Å². The number of benzene rings is 2. The maximum absolute atomic E-state index is 13.8. The molecule has 166 valence electrons. The predicted octanol–water partition coefficient (Wildman–Crippen LogP) is 5.16. The first-order valence-corrected chi connectivity index (χ1v) is 10.2. The molecule has 0 saturated carbocycles. The van der Waals surface area contributed by atoms with E-state index in [4.69, 9.17) is 0 Å². The van der Waals surface area contributed by atoms with E-state index in [1.165, 1.54) is 10.7 Å². The van der Waals surface area contributed by atoms with Crippen LogP contribution in [0.2, 0.25) is 0 Å². The molecular formula is C24H23F3N4O. The van der Waals surface area contributed by atoms with E-state index in [0.29, 0.717) is 5.69 Å². The van der Waals surface area contributed by atoms with Crippen LogP contribution in [0, 0.1) is 20.8 Å². The van der Waals surface area contributed by atoms with Crippen LogP contribution in [0.4, 0.5) is 13.2 Å². The molecule has 0 aliphatic carbocycles. The van der Waals surface area contributed by atoms with Gasteiger partial charge in [0, 0.05) is 28.8 Å². The first kappa shape index (κ1) is 21.7. The zero-order chi connectivity index (χ0) is 23.0. The normalized spacial score (nSPS) is 11.8. The first-order chi connectivity index (χ1) is 15.1. The maximum Gasteiger partial charge on any atom is 0.416 e. The summed E-state index contributed by atoms with van der Waals surface area (Å²) >= 11 is 0. The van der Waals surface area contributed by atoms with Crippen molar-refractivity contribution < 1.29 is 18.0 Å². The van der Waals surface area contributed by atoms with Crippen molar-refractivity contribution >= 4 is 16.8 Å². The van der Waals surface area contributed by atoms with Crippen LogP contribution in [-0.2, 0) is 23.9 Å². The lowest BCUT2D eigenvalue weighted by molar-refractivity contribution is -0.138. The van der Waals surface area contributed by atoms with E-state index < -0.39 is 11.7 Å². The summed E-state index contributed by atoms with van der Waals surface area (Å²) < 4.78 is 42.8. The van der Waals surface area contributed by atoms with Crippen LogP contribution >= 0.6 is 0 Å². The lowest BCUT2D eigenvalue weighted by Gasteiger charge is -2.16. The van der Waals surface area contributed by atoms with Gasteiger partial charge in [0.2, 0.25) is 5.91 Å². The second kappa shape index (κ2) is 8.18. The van der Waals surface area contributed by atoms with Crippen molar-refractivity contribution in [2.24, 2.45) is 0 Å². The fourth-order valence-corrected chi connectivity index (χ4v) is 3.98. The number of rotatable bonds is 5. The number of hydrogen-bond acceptors (Lipinski definition) is 2. The largest absolute Gasteiger partial charge is 0.416 e. The molecule has 0 aliphatic rings. The lowest BCUT2D eigenvalue weighted by Crippen LogP contribution is -2.26. The van der Waals surface area contributed by atoms with Gasteiger partial charge in [-0.25, -0.2) is 4.68 Å². The fourth-order valence-electron chi connectivity index (χ4n) is 3.98. The van der Waals surface area contributed by atoms with Gasteiger partial charge < -0.3 is 10.3 Å². The monoisotopic (exact) mass is 440 g/mol. The summed E-state index contributed by atoms with van der Waals surface area (Å²) in [5.74, 6) is -0.339. The van der Waals surface area contributed by atoms with E-state index >= 15 is 0 Å². The number of aromatic nitrogens is 3. The molecular weight excluding hydrogens is 417 g/mol. The summed E-state index contributed by atoms with van der Waals surface area (Å²) in [6.07, 6.45) is -4.47. The van der Waals surface area contributed by atoms with Crippen molar-refractivity contribution in [3.8, 4) is 5.69 Å². The molecule has 0 atom stereocenters. The van der Waals surface area contributed by atoms with Gasteiger partial charge in [-0.15, -0.1) is 0 Å². The summed E-state index contributed by atoms with van der Waals surface area (Å²) in [5.41, 5.74) is 3.64. The summed E-state index contributed by atoms with van der Waals surface area (Å²) in [6, 6.07) is 13.5. The summed E-state index contributed by atoms with van der Waals surface area (Å²) in [6.45, 7) is 5.23. The quantitative estimate of drug-likeness (QED) is 0.451. The van der Waals surface area contributed by atoms with Gasteiger partial charge in [-0.3, -0.25) is 4.79 Å². The standard InChI is InChI=1S/C24H23F3N4O/c1-14-10-15(2)31(30-14)18-9-8-17(21(11-18)24(25,26)27)13-28-23(32)12-20-16(3)29-22-7-5-4-6-19(20)22/h4-11,29H,12-13H2,1-3H3,(H,28,32). The van der Waals surface area contributed by atoms with E-state index in [9.17, 15) is 18.0 Å². The molecule has 2 aromatic carbocycles. The molecule has 1 amide bonds. The Morgan fingerprint density at radius 3 is 2.53 bits per heavy atom. The number of halogens is 3. The highest BCUT2D eigenvalue weighted by Gasteiger charge is 2.34. The predicted molar refractivity (Wildman–Crippen MR) is 117 cm³/mol. The molecule has 0 fully saturated rings. The average molecular weight is 440 g/mol. The van der Waals surface area contributed by atoms with Gasteiger partial charge in [-0.05, 0) is 56.2 Å². The average Bonchev–Trinajstić information content (AvgIpc) is 3.23. The van der Waals surface area contributed by atoms with Crippen LogP contribution in [-0.4, -0.2) is 20.7 Å². The number of para-hydroxylation sites is 1. The minimum absolute atomic E-state index is 0.00628. The van der Waals surface area contributed by atoms with Gasteiger partial charge in [-0.2, -0.15) is 18.3 Å². The molecule has 2 heterocycles. The van der Waals surface area contributed by atoms with Crippen molar-refractivity contribution in [1.29, 1.82) is 0 Å². The summed E-state index contributed by atoms with van der Waals surface area (Å²) in [5, 5.41) is 7.84. The molecule has 0 saturated heterocycles. The third kappa shape index (κ3) is 4.26. The number of hydrogen-bond donors (Lipinski definition) is 2. The number of nitrogens with one attached hydrogen (secondary N) is 2. The minimum Gasteiger partial charge on any atom is -0.358 e. The maximum atomic E-state index is 13.8. The van der Waals surface area contributed by atoms with Crippen LogP contribution in [0.15, 0.2) is 48.5 Å². The molecule has 0 spiro atoms. The number of amides is 1. The smallest absolute Gasteiger partial charge is 0.358 e. The van der Waals surface area contributed by atoms with Crippen LogP contribution in [0.1, 0.15) is 33.8 Å². The third-order valence-corrected chi connectivity index (χ3v) is 5.49. The van der Waals surface area contributed by atoms with Crippen molar-refractivity contribution in [2.75, 3.05) is 0 Å². The Balaban J connectivity index is 1.55. The van der Waals surface area contributed by atoms with Crippen molar-refractivity contribution in [3.63, 3.8) is 0 Å². The van der Waals surface area contributed by atoms with E-state index in [1.54, 1.807) is 26.0 Å². The van der Waals surface area contributed by atoms with E-state index in [0.717, 1.165) is 39.6 Å². The van der Waals surface area contributed by atoms with Crippen LogP contribution < -0.4 is 5.32 Å². The Hall–Kier alpha value is -3.55. The Morgan fingerprint density at radius 2 is 1.84 bits per heavy atom. The molecule has 0 bridgehead atoms. The van der Waals surface area contributed by atoms with Crippen molar-refractivity contribution in [1.82, 2.24) is 20.1 Å². The number of alkyl halides is 3. The molecule has 2 N–H and O–H groups in total. The number of carbonyl (C=O) groups excluding carboxylic acids is 1. The molecule has 0 radical (unpaired) electrons. The molecule has 0 unspecified atom stereocenters. The Bertz CT molecular complexity index is 1300. The molecule has 4 aromatic rings. The highest BCUT2D eigenvalue weighted by atomic mass is 19.4. The Kier molecular flexibility index (Phi) is 5.54. The first-order valence-electron chi connectivity index (χ1n) is 10.2. The van der Waals surface area contributed by atoms with Gasteiger partial charge in [-0.1, -0.05) is 24.3 Å². The minimum atomic E-state index is -4.56. The number of H-pyrrole nitrogens is 1. The molecule has 4 rings (SSSR count). The number of aromatic amines is 1. The van der Waals surface area contributed by atoms with Crippen LogP contribution in [0.25, 0.3) is 16.6 Å². The number of carbonyl (C=O) groups is 1. The zero-order valence-corrected chi connectivity index (χ0v) is 18.0. The molecule has 5 nitrogen and oxygen atoms in total. The van der Waals surface area contributed by atoms with Gasteiger partial charge in [0.25, 0.3) is 0 Å². The number of fused-ring (bicyclic) bond motifs is 1. The van der Waals surface area contributed by atoms with Crippen LogP contribution in [0.5, 0.6) is 0 Å². The second-order valence-electron chi connectivity index (χ2n) is 7.91. The highest BCUT2D eigenvalue weighted by molar-refractivity contribution is 5.90. The summed E-state index contributed by atoms with van der Waals surface area (Å²) in [7, 11) is 0. The molecule has 0 aliphatic heterocycles. The Morgan fingerprint density at radius 1 is 1.09 bits per heavy atom. The summed E-state index contributed by atoms with van der Waals surface area (Å²) in [4.78, 5) is 15.8. The van der Waals surface area contributed by atoms with Crippen molar-refractivity contribution in [3.05, 3.63) is 82.3 Å². The number of nitrogens with zero attached hydrogens (tertiary/aromatic N) is 2. The topological polar surface area (TPSA) is 62.7 Å². The lowest BCUT2D eigenvalue weighted by atomic mass is 10.0.